The number of halogens is 1. The summed E-state index contributed by atoms with van der Waals surface area (Å²) in [6.45, 7) is 5.06. The fraction of sp³-hybridized carbons (Fsp3) is 0.480. The molecule has 6 nitrogen and oxygen atoms in total. The van der Waals surface area contributed by atoms with Crippen LogP contribution in [-0.4, -0.2) is 68.1 Å². The zero-order chi connectivity index (χ0) is 23.0. The van der Waals surface area contributed by atoms with Gasteiger partial charge < -0.3 is 10.2 Å². The van der Waals surface area contributed by atoms with Crippen molar-refractivity contribution in [2.45, 2.75) is 25.2 Å². The molecule has 1 unspecified atom stereocenters. The highest BCUT2D eigenvalue weighted by Gasteiger charge is 2.36. The molecular formula is C25H31ClN4O2S. The van der Waals surface area contributed by atoms with Crippen molar-refractivity contribution >= 4 is 33.4 Å². The average molecular weight is 487 g/mol. The van der Waals surface area contributed by atoms with E-state index in [0.717, 1.165) is 61.7 Å². The highest BCUT2D eigenvalue weighted by molar-refractivity contribution is 7.88. The Bertz CT molecular complexity index is 1150. The maximum atomic E-state index is 12.1. The highest BCUT2D eigenvalue weighted by Crippen LogP contribution is 2.45. The molecule has 1 aliphatic carbocycles. The van der Waals surface area contributed by atoms with Gasteiger partial charge >= 0.3 is 0 Å². The van der Waals surface area contributed by atoms with Crippen LogP contribution in [0.3, 0.4) is 0 Å². The molecule has 0 radical (unpaired) electrons. The molecule has 0 amide bonds. The lowest BCUT2D eigenvalue weighted by Gasteiger charge is -2.36. The van der Waals surface area contributed by atoms with Crippen LogP contribution in [0.4, 0.5) is 0 Å². The SMILES string of the molecule is CS(=O)(=O)N1CCC(C2c3ccc(Cl)cc3C(N3CCCNCC3)=Cc3cccnc32)CC1. The third kappa shape index (κ3) is 4.69. The fourth-order valence-electron chi connectivity index (χ4n) is 5.57. The van der Waals surface area contributed by atoms with Crippen LogP contribution in [0.5, 0.6) is 0 Å². The van der Waals surface area contributed by atoms with Gasteiger partial charge in [0.2, 0.25) is 10.0 Å². The predicted octanol–water partition coefficient (Wildman–Crippen LogP) is 3.65. The van der Waals surface area contributed by atoms with Crippen molar-refractivity contribution in [3.8, 4) is 0 Å². The number of aromatic nitrogens is 1. The molecule has 1 atom stereocenters. The number of nitrogens with one attached hydrogen (secondary N) is 1. The van der Waals surface area contributed by atoms with Gasteiger partial charge in [-0.1, -0.05) is 23.7 Å². The first-order valence-electron chi connectivity index (χ1n) is 11.8. The molecule has 3 heterocycles. The molecule has 33 heavy (non-hydrogen) atoms. The summed E-state index contributed by atoms with van der Waals surface area (Å²) < 4.78 is 25.8. The molecule has 2 aliphatic heterocycles. The average Bonchev–Trinajstić information content (AvgIpc) is 3.15. The molecule has 0 saturated carbocycles. The Morgan fingerprint density at radius 1 is 1.09 bits per heavy atom. The molecule has 8 heteroatoms. The largest absolute Gasteiger partial charge is 0.370 e. The Morgan fingerprint density at radius 2 is 1.91 bits per heavy atom. The van der Waals surface area contributed by atoms with Gasteiger partial charge in [-0.25, -0.2) is 12.7 Å². The van der Waals surface area contributed by atoms with Gasteiger partial charge in [-0.05, 0) is 67.1 Å². The Hall–Kier alpha value is -1.93. The van der Waals surface area contributed by atoms with E-state index in [1.54, 1.807) is 4.31 Å². The first-order valence-corrected chi connectivity index (χ1v) is 14.0. The Labute approximate surface area is 201 Å². The fourth-order valence-corrected chi connectivity index (χ4v) is 6.62. The maximum Gasteiger partial charge on any atom is 0.211 e. The lowest BCUT2D eigenvalue weighted by Crippen LogP contribution is -2.39. The number of hydrogen-bond acceptors (Lipinski definition) is 5. The first kappa shape index (κ1) is 22.8. The molecule has 0 bridgehead atoms. The number of hydrogen-bond donors (Lipinski definition) is 1. The summed E-state index contributed by atoms with van der Waals surface area (Å²) in [6.07, 6.45) is 8.20. The number of pyridine rings is 1. The van der Waals surface area contributed by atoms with Crippen LogP contribution in [0.15, 0.2) is 36.5 Å². The molecule has 3 aliphatic rings. The van der Waals surface area contributed by atoms with Crippen molar-refractivity contribution in [3.05, 3.63) is 63.9 Å². The normalized spacial score (nSPS) is 22.7. The van der Waals surface area contributed by atoms with E-state index in [9.17, 15) is 8.42 Å². The minimum absolute atomic E-state index is 0.106. The van der Waals surface area contributed by atoms with E-state index in [-0.39, 0.29) is 5.92 Å². The molecule has 2 saturated heterocycles. The van der Waals surface area contributed by atoms with E-state index < -0.39 is 10.0 Å². The van der Waals surface area contributed by atoms with E-state index in [0.29, 0.717) is 19.0 Å². The number of piperidine rings is 1. The molecule has 0 spiro atoms. The molecule has 1 aromatic heterocycles. The number of fused-ring (bicyclic) bond motifs is 2. The summed E-state index contributed by atoms with van der Waals surface area (Å²) >= 11 is 6.53. The van der Waals surface area contributed by atoms with Crippen LogP contribution in [0.1, 0.15) is 47.6 Å². The third-order valence-electron chi connectivity index (χ3n) is 7.20. The lowest BCUT2D eigenvalue weighted by molar-refractivity contribution is 0.256. The van der Waals surface area contributed by atoms with Crippen LogP contribution in [0, 0.1) is 5.92 Å². The zero-order valence-corrected chi connectivity index (χ0v) is 20.6. The standard InChI is InChI=1S/C25H31ClN4O2S/c1-33(31,32)30-13-7-18(8-14-30)24-21-6-5-20(26)17-22(21)23(29-12-3-9-27-11-15-29)16-19-4-2-10-28-25(19)24/h2,4-6,10,16-18,24,27H,3,7-9,11-15H2,1H3. The van der Waals surface area contributed by atoms with Gasteiger partial charge in [-0.3, -0.25) is 4.98 Å². The summed E-state index contributed by atoms with van der Waals surface area (Å²) in [6, 6.07) is 10.4. The summed E-state index contributed by atoms with van der Waals surface area (Å²) in [4.78, 5) is 7.36. The van der Waals surface area contributed by atoms with Gasteiger partial charge in [0.1, 0.15) is 0 Å². The molecule has 1 aromatic carbocycles. The number of benzene rings is 1. The summed E-state index contributed by atoms with van der Waals surface area (Å²) in [7, 11) is -3.16. The Balaban J connectivity index is 1.60. The van der Waals surface area contributed by atoms with Gasteiger partial charge in [0.15, 0.2) is 0 Å². The van der Waals surface area contributed by atoms with Crippen molar-refractivity contribution in [3.63, 3.8) is 0 Å². The van der Waals surface area contributed by atoms with Gasteiger partial charge in [0.05, 0.1) is 11.9 Å². The number of sulfonamides is 1. The van der Waals surface area contributed by atoms with Gasteiger partial charge in [-0.15, -0.1) is 0 Å². The zero-order valence-electron chi connectivity index (χ0n) is 19.0. The molecule has 1 N–H and O–H groups in total. The Kier molecular flexibility index (Phi) is 6.49. The second kappa shape index (κ2) is 9.37. The summed E-state index contributed by atoms with van der Waals surface area (Å²) in [5.74, 6) is 0.421. The Morgan fingerprint density at radius 3 is 2.70 bits per heavy atom. The molecule has 176 valence electrons. The van der Waals surface area contributed by atoms with Crippen molar-refractivity contribution in [2.75, 3.05) is 45.5 Å². The summed E-state index contributed by atoms with van der Waals surface area (Å²) in [5, 5.41) is 4.24. The van der Waals surface area contributed by atoms with Crippen LogP contribution >= 0.6 is 11.6 Å². The molecule has 5 rings (SSSR count). The van der Waals surface area contributed by atoms with Gasteiger partial charge in [0, 0.05) is 61.1 Å². The van der Waals surface area contributed by atoms with E-state index in [4.69, 9.17) is 16.6 Å². The summed E-state index contributed by atoms with van der Waals surface area (Å²) in [5.41, 5.74) is 5.87. The van der Waals surface area contributed by atoms with Crippen LogP contribution in [-0.2, 0) is 10.0 Å². The number of nitrogens with zero attached hydrogens (tertiary/aromatic N) is 3. The number of rotatable bonds is 3. The van der Waals surface area contributed by atoms with Crippen molar-refractivity contribution in [1.82, 2.24) is 19.5 Å². The highest BCUT2D eigenvalue weighted by atomic mass is 35.5. The van der Waals surface area contributed by atoms with Gasteiger partial charge in [0.25, 0.3) is 0 Å². The van der Waals surface area contributed by atoms with Crippen LogP contribution < -0.4 is 5.32 Å². The second-order valence-electron chi connectivity index (χ2n) is 9.31. The second-order valence-corrected chi connectivity index (χ2v) is 11.7. The van der Waals surface area contributed by atoms with Crippen LogP contribution in [0.25, 0.3) is 11.8 Å². The van der Waals surface area contributed by atoms with Gasteiger partial charge in [-0.2, -0.15) is 0 Å². The quantitative estimate of drug-likeness (QED) is 0.717. The van der Waals surface area contributed by atoms with Crippen molar-refractivity contribution in [2.24, 2.45) is 5.92 Å². The van der Waals surface area contributed by atoms with E-state index in [1.165, 1.54) is 23.1 Å². The van der Waals surface area contributed by atoms with E-state index in [1.807, 2.05) is 18.3 Å². The third-order valence-corrected chi connectivity index (χ3v) is 8.74. The minimum atomic E-state index is -3.16. The smallest absolute Gasteiger partial charge is 0.211 e. The molecule has 2 aromatic rings. The molecule has 2 fully saturated rings. The predicted molar refractivity (Wildman–Crippen MR) is 134 cm³/mol. The maximum absolute atomic E-state index is 12.1. The lowest BCUT2D eigenvalue weighted by atomic mass is 9.76. The topological polar surface area (TPSA) is 65.5 Å². The van der Waals surface area contributed by atoms with Crippen molar-refractivity contribution < 1.29 is 8.42 Å². The monoisotopic (exact) mass is 486 g/mol. The van der Waals surface area contributed by atoms with E-state index in [2.05, 4.69) is 34.5 Å². The van der Waals surface area contributed by atoms with Crippen LogP contribution in [0.2, 0.25) is 5.02 Å². The molecular weight excluding hydrogens is 456 g/mol. The van der Waals surface area contributed by atoms with E-state index >= 15 is 0 Å². The minimum Gasteiger partial charge on any atom is -0.370 e. The van der Waals surface area contributed by atoms with Crippen molar-refractivity contribution in [1.29, 1.82) is 0 Å². The first-order chi connectivity index (χ1) is 15.9.